The smallest absolute Gasteiger partial charge is 0.276 e. The van der Waals surface area contributed by atoms with Crippen molar-refractivity contribution in [3.8, 4) is 5.75 Å². The lowest BCUT2D eigenvalue weighted by molar-refractivity contribution is 0.0169. The van der Waals surface area contributed by atoms with E-state index in [1.165, 1.54) is 24.5 Å². The Bertz CT molecular complexity index is 974. The summed E-state index contributed by atoms with van der Waals surface area (Å²) in [7, 11) is 1.52. The number of aromatic nitrogens is 1. The van der Waals surface area contributed by atoms with Crippen LogP contribution in [0.5, 0.6) is 5.75 Å². The van der Waals surface area contributed by atoms with E-state index in [1.807, 2.05) is 13.0 Å². The Morgan fingerprint density at radius 3 is 2.89 bits per heavy atom. The molecule has 2 aromatic heterocycles. The van der Waals surface area contributed by atoms with Crippen LogP contribution in [0.15, 0.2) is 30.5 Å². The number of carbonyl (C=O) groups is 1. The van der Waals surface area contributed by atoms with Crippen LogP contribution in [-0.4, -0.2) is 36.3 Å². The first-order valence-electron chi connectivity index (χ1n) is 8.27. The van der Waals surface area contributed by atoms with Crippen LogP contribution in [0, 0.1) is 12.7 Å². The molecule has 0 radical (unpaired) electrons. The van der Waals surface area contributed by atoms with Gasteiger partial charge in [-0.05, 0) is 30.2 Å². The van der Waals surface area contributed by atoms with Gasteiger partial charge in [-0.25, -0.2) is 14.9 Å². The molecule has 1 aromatic carbocycles. The van der Waals surface area contributed by atoms with E-state index in [-0.39, 0.29) is 25.5 Å². The quantitative estimate of drug-likeness (QED) is 0.479. The van der Waals surface area contributed by atoms with Gasteiger partial charge in [0.25, 0.3) is 5.91 Å². The molecule has 0 saturated heterocycles. The van der Waals surface area contributed by atoms with Gasteiger partial charge in [0, 0.05) is 16.7 Å². The first-order chi connectivity index (χ1) is 13.0. The number of rotatable bonds is 7. The van der Waals surface area contributed by atoms with Crippen molar-refractivity contribution < 1.29 is 23.9 Å². The molecule has 3 aromatic rings. The number of amides is 1. The van der Waals surface area contributed by atoms with E-state index < -0.39 is 5.91 Å². The minimum Gasteiger partial charge on any atom is -0.495 e. The topological polar surface area (TPSA) is 80.7 Å². The fourth-order valence-electron chi connectivity index (χ4n) is 2.68. The normalized spacial score (nSPS) is 11.0. The SMILES string of the molecule is COc1cnc2sc(Cc3ccc(C)cc3F)c(C(=O)NOCCO)c2c1. The number of nitrogens with zero attached hydrogens (tertiary/aromatic N) is 1. The average Bonchev–Trinajstić information content (AvgIpc) is 3.01. The van der Waals surface area contributed by atoms with Gasteiger partial charge in [-0.3, -0.25) is 9.63 Å². The molecule has 0 saturated carbocycles. The Balaban J connectivity index is 2.04. The third kappa shape index (κ3) is 4.24. The van der Waals surface area contributed by atoms with Gasteiger partial charge in [-0.1, -0.05) is 12.1 Å². The fraction of sp³-hybridized carbons (Fsp3) is 0.263. The van der Waals surface area contributed by atoms with E-state index in [1.54, 1.807) is 18.3 Å². The van der Waals surface area contributed by atoms with E-state index >= 15 is 0 Å². The zero-order chi connectivity index (χ0) is 19.4. The monoisotopic (exact) mass is 390 g/mol. The number of hydroxylamine groups is 1. The summed E-state index contributed by atoms with van der Waals surface area (Å²) in [6, 6.07) is 6.73. The Morgan fingerprint density at radius 1 is 1.37 bits per heavy atom. The van der Waals surface area contributed by atoms with E-state index in [4.69, 9.17) is 14.7 Å². The minimum atomic E-state index is -0.479. The molecule has 0 aliphatic heterocycles. The molecule has 3 rings (SSSR count). The van der Waals surface area contributed by atoms with Crippen molar-refractivity contribution in [2.75, 3.05) is 20.3 Å². The number of ether oxygens (including phenoxy) is 1. The maximum Gasteiger partial charge on any atom is 0.276 e. The van der Waals surface area contributed by atoms with Crippen molar-refractivity contribution in [2.24, 2.45) is 0 Å². The van der Waals surface area contributed by atoms with Gasteiger partial charge in [0.2, 0.25) is 0 Å². The molecule has 6 nitrogen and oxygen atoms in total. The Labute approximate surface area is 159 Å². The molecule has 2 N–H and O–H groups in total. The Hall–Kier alpha value is -2.55. The lowest BCUT2D eigenvalue weighted by Crippen LogP contribution is -2.25. The third-order valence-corrected chi connectivity index (χ3v) is 5.09. The summed E-state index contributed by atoms with van der Waals surface area (Å²) < 4.78 is 19.5. The molecule has 1 amide bonds. The molecule has 0 aliphatic rings. The van der Waals surface area contributed by atoms with Gasteiger partial charge in [-0.2, -0.15) is 0 Å². The van der Waals surface area contributed by atoms with Gasteiger partial charge >= 0.3 is 0 Å². The highest BCUT2D eigenvalue weighted by Gasteiger charge is 2.21. The lowest BCUT2D eigenvalue weighted by atomic mass is 10.0. The number of aliphatic hydroxyl groups excluding tert-OH is 1. The fourth-order valence-corrected chi connectivity index (χ4v) is 3.82. The predicted molar refractivity (Wildman–Crippen MR) is 101 cm³/mol. The largest absolute Gasteiger partial charge is 0.495 e. The van der Waals surface area contributed by atoms with Crippen LogP contribution in [0.25, 0.3) is 10.2 Å². The Morgan fingerprint density at radius 2 is 2.19 bits per heavy atom. The molecule has 2 heterocycles. The number of hydrogen-bond acceptors (Lipinski definition) is 6. The summed E-state index contributed by atoms with van der Waals surface area (Å²) in [4.78, 5) is 23.3. The maximum atomic E-state index is 14.3. The number of hydrogen-bond donors (Lipinski definition) is 2. The summed E-state index contributed by atoms with van der Waals surface area (Å²) in [6.45, 7) is 1.57. The first kappa shape index (κ1) is 19.2. The number of methoxy groups -OCH3 is 1. The third-order valence-electron chi connectivity index (χ3n) is 3.97. The van der Waals surface area contributed by atoms with Crippen molar-refractivity contribution >= 4 is 27.5 Å². The van der Waals surface area contributed by atoms with Crippen molar-refractivity contribution in [3.05, 3.63) is 57.8 Å². The summed E-state index contributed by atoms with van der Waals surface area (Å²) in [5, 5.41) is 9.41. The molecule has 0 fully saturated rings. The number of fused-ring (bicyclic) bond motifs is 1. The van der Waals surface area contributed by atoms with E-state index in [0.29, 0.717) is 32.0 Å². The number of aliphatic hydroxyl groups is 1. The molecule has 0 atom stereocenters. The van der Waals surface area contributed by atoms with E-state index in [0.717, 1.165) is 5.56 Å². The second-order valence-corrected chi connectivity index (χ2v) is 6.99. The Kier molecular flexibility index (Phi) is 6.00. The zero-order valence-electron chi connectivity index (χ0n) is 14.9. The van der Waals surface area contributed by atoms with Crippen LogP contribution in [0.4, 0.5) is 4.39 Å². The van der Waals surface area contributed by atoms with Crippen LogP contribution < -0.4 is 10.2 Å². The van der Waals surface area contributed by atoms with Crippen molar-refractivity contribution in [2.45, 2.75) is 13.3 Å². The highest BCUT2D eigenvalue weighted by molar-refractivity contribution is 7.19. The summed E-state index contributed by atoms with van der Waals surface area (Å²) in [5.41, 5.74) is 3.99. The number of pyridine rings is 1. The molecular weight excluding hydrogens is 371 g/mol. The lowest BCUT2D eigenvalue weighted by Gasteiger charge is -2.08. The molecule has 0 aliphatic carbocycles. The molecule has 27 heavy (non-hydrogen) atoms. The number of thiophene rings is 1. The molecule has 0 bridgehead atoms. The summed E-state index contributed by atoms with van der Waals surface area (Å²) in [6.07, 6.45) is 1.82. The van der Waals surface area contributed by atoms with Crippen LogP contribution in [0.2, 0.25) is 0 Å². The summed E-state index contributed by atoms with van der Waals surface area (Å²) in [5.74, 6) is -0.285. The van der Waals surface area contributed by atoms with Gasteiger partial charge in [0.1, 0.15) is 16.4 Å². The van der Waals surface area contributed by atoms with Crippen molar-refractivity contribution in [1.82, 2.24) is 10.5 Å². The average molecular weight is 390 g/mol. The van der Waals surface area contributed by atoms with Crippen molar-refractivity contribution in [3.63, 3.8) is 0 Å². The number of halogens is 1. The predicted octanol–water partition coefficient (Wildman–Crippen LogP) is 3.00. The number of benzene rings is 1. The van der Waals surface area contributed by atoms with Crippen LogP contribution in [0.1, 0.15) is 26.4 Å². The van der Waals surface area contributed by atoms with Crippen LogP contribution in [0.3, 0.4) is 0 Å². The van der Waals surface area contributed by atoms with Gasteiger partial charge in [-0.15, -0.1) is 11.3 Å². The molecule has 142 valence electrons. The van der Waals surface area contributed by atoms with E-state index in [2.05, 4.69) is 10.5 Å². The summed E-state index contributed by atoms with van der Waals surface area (Å²) >= 11 is 1.32. The standard InChI is InChI=1S/C19H19FN2O4S/c1-11-3-4-12(15(20)7-11)8-16-17(18(24)22-26-6-5-23)14-9-13(25-2)10-21-19(14)27-16/h3-4,7,9-10,23H,5-6,8H2,1-2H3,(H,22,24). The number of carbonyl (C=O) groups excluding carboxylic acids is 1. The molecule has 0 unspecified atom stereocenters. The second-order valence-electron chi connectivity index (χ2n) is 5.90. The van der Waals surface area contributed by atoms with Gasteiger partial charge < -0.3 is 9.84 Å². The zero-order valence-corrected chi connectivity index (χ0v) is 15.7. The highest BCUT2D eigenvalue weighted by atomic mass is 32.1. The second kappa shape index (κ2) is 8.43. The van der Waals surface area contributed by atoms with Crippen molar-refractivity contribution in [1.29, 1.82) is 0 Å². The molecule has 8 heteroatoms. The van der Waals surface area contributed by atoms with Gasteiger partial charge in [0.15, 0.2) is 0 Å². The van der Waals surface area contributed by atoms with E-state index in [9.17, 15) is 9.18 Å². The number of aryl methyl sites for hydroxylation is 1. The number of nitrogens with one attached hydrogen (secondary N) is 1. The maximum absolute atomic E-state index is 14.3. The minimum absolute atomic E-state index is 0.0305. The molecule has 0 spiro atoms. The first-order valence-corrected chi connectivity index (χ1v) is 9.08. The van der Waals surface area contributed by atoms with Gasteiger partial charge in [0.05, 0.1) is 32.1 Å². The molecular formula is C19H19FN2O4S. The van der Waals surface area contributed by atoms with Crippen LogP contribution >= 0.6 is 11.3 Å². The van der Waals surface area contributed by atoms with Crippen LogP contribution in [-0.2, 0) is 11.3 Å². The highest BCUT2D eigenvalue weighted by Crippen LogP contribution is 2.34.